The van der Waals surface area contributed by atoms with E-state index in [-0.39, 0.29) is 5.56 Å². The van der Waals surface area contributed by atoms with E-state index >= 15 is 0 Å². The van der Waals surface area contributed by atoms with E-state index < -0.39 is 5.97 Å². The Bertz CT molecular complexity index is 396. The Labute approximate surface area is 90.1 Å². The van der Waals surface area contributed by atoms with Gasteiger partial charge < -0.3 is 5.11 Å². The number of halogens is 1. The number of rotatable bonds is 3. The standard InChI is InChI=1S/C10H8BrNO2/c11-9-7(4-2-6-12)3-1-5-8(9)10(13)14/h1,3,5H,2,4H2,(H,13,14). The third-order valence-corrected chi connectivity index (χ3v) is 2.75. The summed E-state index contributed by atoms with van der Waals surface area (Å²) >= 11 is 3.22. The number of hydrogen-bond acceptors (Lipinski definition) is 2. The highest BCUT2D eigenvalue weighted by atomic mass is 79.9. The molecule has 0 saturated carbocycles. The maximum atomic E-state index is 10.8. The highest BCUT2D eigenvalue weighted by molar-refractivity contribution is 9.10. The van der Waals surface area contributed by atoms with Gasteiger partial charge in [0.15, 0.2) is 0 Å². The summed E-state index contributed by atoms with van der Waals surface area (Å²) in [6.45, 7) is 0. The van der Waals surface area contributed by atoms with Crippen molar-refractivity contribution < 1.29 is 9.90 Å². The fraction of sp³-hybridized carbons (Fsp3) is 0.200. The quantitative estimate of drug-likeness (QED) is 0.901. The molecule has 4 heteroatoms. The number of nitrogens with zero attached hydrogens (tertiary/aromatic N) is 1. The monoisotopic (exact) mass is 253 g/mol. The van der Waals surface area contributed by atoms with Crippen LogP contribution in [-0.4, -0.2) is 11.1 Å². The molecule has 0 heterocycles. The molecule has 0 aliphatic rings. The average molecular weight is 254 g/mol. The molecule has 72 valence electrons. The molecular weight excluding hydrogens is 246 g/mol. The highest BCUT2D eigenvalue weighted by Gasteiger charge is 2.10. The second kappa shape index (κ2) is 4.77. The molecule has 0 aliphatic carbocycles. The molecule has 0 atom stereocenters. The zero-order valence-corrected chi connectivity index (χ0v) is 8.91. The molecule has 0 radical (unpaired) electrons. The van der Waals surface area contributed by atoms with Gasteiger partial charge in [0.2, 0.25) is 0 Å². The third kappa shape index (κ3) is 2.33. The minimum atomic E-state index is -0.962. The lowest BCUT2D eigenvalue weighted by atomic mass is 10.1. The first kappa shape index (κ1) is 10.7. The van der Waals surface area contributed by atoms with Crippen LogP contribution in [0.5, 0.6) is 0 Å². The van der Waals surface area contributed by atoms with Crippen molar-refractivity contribution in [2.24, 2.45) is 0 Å². The molecule has 0 amide bonds. The van der Waals surface area contributed by atoms with E-state index in [0.717, 1.165) is 5.56 Å². The minimum absolute atomic E-state index is 0.237. The Kier molecular flexibility index (Phi) is 3.66. The first-order chi connectivity index (χ1) is 6.66. The van der Waals surface area contributed by atoms with Gasteiger partial charge in [-0.1, -0.05) is 12.1 Å². The molecule has 0 fully saturated rings. The maximum absolute atomic E-state index is 10.8. The first-order valence-corrected chi connectivity index (χ1v) is 4.83. The van der Waals surface area contributed by atoms with Crippen molar-refractivity contribution in [2.75, 3.05) is 0 Å². The number of carbonyl (C=O) groups is 1. The summed E-state index contributed by atoms with van der Waals surface area (Å²) in [5.41, 5.74) is 1.09. The molecule has 1 N–H and O–H groups in total. The summed E-state index contributed by atoms with van der Waals surface area (Å²) in [6, 6.07) is 7.05. The fourth-order valence-corrected chi connectivity index (χ4v) is 1.76. The topological polar surface area (TPSA) is 61.1 Å². The number of aromatic carboxylic acids is 1. The number of aryl methyl sites for hydroxylation is 1. The minimum Gasteiger partial charge on any atom is -0.478 e. The summed E-state index contributed by atoms with van der Waals surface area (Å²) in [6.07, 6.45) is 0.958. The van der Waals surface area contributed by atoms with Crippen molar-refractivity contribution in [1.29, 1.82) is 5.26 Å². The Morgan fingerprint density at radius 3 is 2.86 bits per heavy atom. The molecule has 0 aliphatic heterocycles. The molecule has 14 heavy (non-hydrogen) atoms. The third-order valence-electron chi connectivity index (χ3n) is 1.82. The van der Waals surface area contributed by atoms with Crippen LogP contribution in [0, 0.1) is 11.3 Å². The van der Waals surface area contributed by atoms with Crippen molar-refractivity contribution in [2.45, 2.75) is 12.8 Å². The van der Waals surface area contributed by atoms with Gasteiger partial charge in [0.25, 0.3) is 0 Å². The molecule has 0 saturated heterocycles. The zero-order valence-electron chi connectivity index (χ0n) is 7.33. The predicted octanol–water partition coefficient (Wildman–Crippen LogP) is 2.60. The van der Waals surface area contributed by atoms with Crippen LogP contribution in [0.25, 0.3) is 0 Å². The van der Waals surface area contributed by atoms with Gasteiger partial charge in [-0.3, -0.25) is 0 Å². The van der Waals surface area contributed by atoms with Gasteiger partial charge in [0.1, 0.15) is 0 Å². The maximum Gasteiger partial charge on any atom is 0.336 e. The Morgan fingerprint density at radius 2 is 2.29 bits per heavy atom. The van der Waals surface area contributed by atoms with Gasteiger partial charge in [-0.15, -0.1) is 0 Å². The van der Waals surface area contributed by atoms with Crippen molar-refractivity contribution in [3.63, 3.8) is 0 Å². The number of carboxylic acid groups (broad SMARTS) is 1. The smallest absolute Gasteiger partial charge is 0.336 e. The summed E-state index contributed by atoms with van der Waals surface area (Å²) in [5, 5.41) is 17.2. The number of carboxylic acids is 1. The van der Waals surface area contributed by atoms with E-state index in [1.807, 2.05) is 12.1 Å². The Balaban J connectivity index is 3.02. The van der Waals surface area contributed by atoms with Crippen LogP contribution < -0.4 is 0 Å². The van der Waals surface area contributed by atoms with Gasteiger partial charge in [-0.2, -0.15) is 5.26 Å². The second-order valence-corrected chi connectivity index (χ2v) is 3.53. The van der Waals surface area contributed by atoms with Crippen LogP contribution in [0.4, 0.5) is 0 Å². The van der Waals surface area contributed by atoms with Gasteiger partial charge in [0.05, 0.1) is 11.6 Å². The summed E-state index contributed by atoms with van der Waals surface area (Å²) in [5.74, 6) is -0.962. The molecule has 0 unspecified atom stereocenters. The van der Waals surface area contributed by atoms with Gasteiger partial charge in [-0.05, 0) is 34.0 Å². The molecule has 1 aromatic carbocycles. The first-order valence-electron chi connectivity index (χ1n) is 4.04. The van der Waals surface area contributed by atoms with Crippen LogP contribution in [0.15, 0.2) is 22.7 Å². The lowest BCUT2D eigenvalue weighted by molar-refractivity contribution is 0.0695. The normalized spacial score (nSPS) is 9.43. The van der Waals surface area contributed by atoms with E-state index in [1.165, 1.54) is 6.07 Å². The summed E-state index contributed by atoms with van der Waals surface area (Å²) < 4.78 is 0.572. The van der Waals surface area contributed by atoms with E-state index in [2.05, 4.69) is 15.9 Å². The van der Waals surface area contributed by atoms with E-state index in [1.54, 1.807) is 6.07 Å². The van der Waals surface area contributed by atoms with E-state index in [4.69, 9.17) is 10.4 Å². The largest absolute Gasteiger partial charge is 0.478 e. The molecule has 0 spiro atoms. The van der Waals surface area contributed by atoms with Crippen molar-refractivity contribution >= 4 is 21.9 Å². The Morgan fingerprint density at radius 1 is 1.57 bits per heavy atom. The average Bonchev–Trinajstić information content (AvgIpc) is 2.16. The second-order valence-electron chi connectivity index (χ2n) is 2.74. The molecule has 1 aromatic rings. The predicted molar refractivity (Wildman–Crippen MR) is 55.0 cm³/mol. The molecule has 0 aromatic heterocycles. The summed E-state index contributed by atoms with van der Waals surface area (Å²) in [4.78, 5) is 10.8. The van der Waals surface area contributed by atoms with Crippen LogP contribution >= 0.6 is 15.9 Å². The molecule has 0 bridgehead atoms. The van der Waals surface area contributed by atoms with Crippen LogP contribution in [0.1, 0.15) is 22.3 Å². The lowest BCUT2D eigenvalue weighted by Crippen LogP contribution is -2.00. The zero-order chi connectivity index (χ0) is 10.6. The van der Waals surface area contributed by atoms with Gasteiger partial charge in [-0.25, -0.2) is 4.79 Å². The Hall–Kier alpha value is -1.34. The van der Waals surface area contributed by atoms with Crippen LogP contribution in [-0.2, 0) is 6.42 Å². The SMILES string of the molecule is N#CCCc1cccc(C(=O)O)c1Br. The summed E-state index contributed by atoms with van der Waals surface area (Å²) in [7, 11) is 0. The van der Waals surface area contributed by atoms with E-state index in [9.17, 15) is 4.79 Å². The van der Waals surface area contributed by atoms with Crippen molar-refractivity contribution in [3.05, 3.63) is 33.8 Å². The fourth-order valence-electron chi connectivity index (χ4n) is 1.13. The van der Waals surface area contributed by atoms with Gasteiger partial charge in [0, 0.05) is 10.9 Å². The van der Waals surface area contributed by atoms with Crippen LogP contribution in [0.3, 0.4) is 0 Å². The lowest BCUT2D eigenvalue weighted by Gasteiger charge is -2.04. The molecule has 1 rings (SSSR count). The molecule has 3 nitrogen and oxygen atoms in total. The number of hydrogen-bond donors (Lipinski definition) is 1. The van der Waals surface area contributed by atoms with Crippen LogP contribution in [0.2, 0.25) is 0 Å². The number of benzene rings is 1. The molecular formula is C10H8BrNO2. The number of nitriles is 1. The highest BCUT2D eigenvalue weighted by Crippen LogP contribution is 2.22. The van der Waals surface area contributed by atoms with Crippen molar-refractivity contribution in [1.82, 2.24) is 0 Å². The van der Waals surface area contributed by atoms with E-state index in [0.29, 0.717) is 17.3 Å². The van der Waals surface area contributed by atoms with Crippen molar-refractivity contribution in [3.8, 4) is 6.07 Å². The van der Waals surface area contributed by atoms with Gasteiger partial charge >= 0.3 is 5.97 Å².